The van der Waals surface area contributed by atoms with Crippen LogP contribution in [0.2, 0.25) is 0 Å². The average Bonchev–Trinajstić information content (AvgIpc) is 2.89. The summed E-state index contributed by atoms with van der Waals surface area (Å²) in [5, 5.41) is 18.9. The molecule has 1 aliphatic carbocycles. The first-order chi connectivity index (χ1) is 11.9. The van der Waals surface area contributed by atoms with E-state index in [2.05, 4.69) is 6.92 Å². The Morgan fingerprint density at radius 2 is 2.08 bits per heavy atom. The molecule has 25 heavy (non-hydrogen) atoms. The van der Waals surface area contributed by atoms with E-state index in [0.29, 0.717) is 18.8 Å². The van der Waals surface area contributed by atoms with Crippen LogP contribution in [0, 0.1) is 11.8 Å². The Morgan fingerprint density at radius 1 is 1.32 bits per heavy atom. The number of hydrogen-bond donors (Lipinski definition) is 2. The van der Waals surface area contributed by atoms with Gasteiger partial charge in [-0.15, -0.1) is 0 Å². The minimum absolute atomic E-state index is 0.0298. The van der Waals surface area contributed by atoms with Gasteiger partial charge in [-0.3, -0.25) is 4.79 Å². The van der Waals surface area contributed by atoms with Gasteiger partial charge in [0, 0.05) is 18.9 Å². The predicted octanol–water partition coefficient (Wildman–Crippen LogP) is 3.74. The first-order valence-corrected chi connectivity index (χ1v) is 9.59. The van der Waals surface area contributed by atoms with Crippen molar-refractivity contribution < 1.29 is 24.5 Å². The lowest BCUT2D eigenvalue weighted by atomic mass is 9.88. The molecule has 1 saturated carbocycles. The van der Waals surface area contributed by atoms with Crippen LogP contribution < -0.4 is 0 Å². The molecule has 0 aromatic heterocycles. The SMILES string of the molecule is CCCCC[C@](C)(O)/C=C/[C@@H]1CCC(=O)[C@H]1CCCCOCC(=O)O. The van der Waals surface area contributed by atoms with E-state index in [9.17, 15) is 14.7 Å². The smallest absolute Gasteiger partial charge is 0.329 e. The molecule has 5 nitrogen and oxygen atoms in total. The molecule has 1 aliphatic rings. The molecule has 5 heteroatoms. The maximum absolute atomic E-state index is 12.1. The number of aliphatic hydroxyl groups is 1. The van der Waals surface area contributed by atoms with Crippen LogP contribution in [0.15, 0.2) is 12.2 Å². The van der Waals surface area contributed by atoms with Gasteiger partial charge < -0.3 is 14.9 Å². The number of unbranched alkanes of at least 4 members (excludes halogenated alkanes) is 3. The van der Waals surface area contributed by atoms with Gasteiger partial charge in [-0.05, 0) is 38.5 Å². The highest BCUT2D eigenvalue weighted by Gasteiger charge is 2.32. The van der Waals surface area contributed by atoms with Gasteiger partial charge >= 0.3 is 5.97 Å². The summed E-state index contributed by atoms with van der Waals surface area (Å²) in [5.74, 6) is -0.402. The summed E-state index contributed by atoms with van der Waals surface area (Å²) in [4.78, 5) is 22.5. The second kappa shape index (κ2) is 11.4. The molecule has 1 rings (SSSR count). The van der Waals surface area contributed by atoms with E-state index in [0.717, 1.165) is 51.4 Å². The van der Waals surface area contributed by atoms with Gasteiger partial charge in [0.05, 0.1) is 5.60 Å². The summed E-state index contributed by atoms with van der Waals surface area (Å²) in [7, 11) is 0. The third kappa shape index (κ3) is 9.17. The first kappa shape index (κ1) is 21.8. The summed E-state index contributed by atoms with van der Waals surface area (Å²) in [6, 6.07) is 0. The highest BCUT2D eigenvalue weighted by molar-refractivity contribution is 5.83. The van der Waals surface area contributed by atoms with Gasteiger partial charge in [0.2, 0.25) is 0 Å². The van der Waals surface area contributed by atoms with E-state index < -0.39 is 11.6 Å². The molecular formula is C20H34O5. The molecule has 0 spiro atoms. The minimum Gasteiger partial charge on any atom is -0.480 e. The lowest BCUT2D eigenvalue weighted by Gasteiger charge is -2.21. The Morgan fingerprint density at radius 3 is 2.76 bits per heavy atom. The number of carbonyl (C=O) groups is 2. The van der Waals surface area contributed by atoms with Crippen molar-refractivity contribution in [3.05, 3.63) is 12.2 Å². The fraction of sp³-hybridized carbons (Fsp3) is 0.800. The molecule has 0 amide bonds. The van der Waals surface area contributed by atoms with Crippen molar-refractivity contribution in [1.82, 2.24) is 0 Å². The summed E-state index contributed by atoms with van der Waals surface area (Å²) < 4.78 is 5.02. The Labute approximate surface area is 151 Å². The highest BCUT2D eigenvalue weighted by Crippen LogP contribution is 2.34. The molecule has 0 unspecified atom stereocenters. The number of aliphatic carboxylic acids is 1. The van der Waals surface area contributed by atoms with Crippen LogP contribution >= 0.6 is 0 Å². The van der Waals surface area contributed by atoms with Crippen molar-refractivity contribution >= 4 is 11.8 Å². The summed E-state index contributed by atoms with van der Waals surface area (Å²) >= 11 is 0. The van der Waals surface area contributed by atoms with Gasteiger partial charge in [-0.2, -0.15) is 0 Å². The summed E-state index contributed by atoms with van der Waals surface area (Å²) in [6.45, 7) is 4.14. The number of carbonyl (C=O) groups excluding carboxylic acids is 1. The van der Waals surface area contributed by atoms with E-state index in [1.807, 2.05) is 19.1 Å². The van der Waals surface area contributed by atoms with Crippen molar-refractivity contribution in [2.45, 2.75) is 77.2 Å². The van der Waals surface area contributed by atoms with Gasteiger partial charge in [-0.1, -0.05) is 44.8 Å². The molecule has 0 heterocycles. The van der Waals surface area contributed by atoms with Crippen molar-refractivity contribution in [1.29, 1.82) is 0 Å². The molecule has 0 bridgehead atoms. The number of allylic oxidation sites excluding steroid dienone is 1. The summed E-state index contributed by atoms with van der Waals surface area (Å²) in [6.07, 6.45) is 11.9. The van der Waals surface area contributed by atoms with Crippen LogP contribution in [0.5, 0.6) is 0 Å². The number of carboxylic acids is 1. The molecule has 1 fully saturated rings. The van der Waals surface area contributed by atoms with Crippen LogP contribution in [0.1, 0.15) is 71.6 Å². The van der Waals surface area contributed by atoms with Crippen molar-refractivity contribution in [2.75, 3.05) is 13.2 Å². The lowest BCUT2D eigenvalue weighted by molar-refractivity contribution is -0.142. The van der Waals surface area contributed by atoms with E-state index in [-0.39, 0.29) is 18.4 Å². The normalized spacial score (nSPS) is 23.2. The third-order valence-corrected chi connectivity index (χ3v) is 4.92. The van der Waals surface area contributed by atoms with Crippen LogP contribution in [-0.4, -0.2) is 40.8 Å². The highest BCUT2D eigenvalue weighted by atomic mass is 16.5. The topological polar surface area (TPSA) is 83.8 Å². The van der Waals surface area contributed by atoms with Gasteiger partial charge in [-0.25, -0.2) is 4.79 Å². The number of hydrogen-bond acceptors (Lipinski definition) is 4. The van der Waals surface area contributed by atoms with Crippen LogP contribution in [0.25, 0.3) is 0 Å². The maximum Gasteiger partial charge on any atom is 0.329 e. The largest absolute Gasteiger partial charge is 0.480 e. The van der Waals surface area contributed by atoms with E-state index in [1.54, 1.807) is 0 Å². The Bertz CT molecular complexity index is 441. The number of ketones is 1. The second-order valence-electron chi connectivity index (χ2n) is 7.39. The van der Waals surface area contributed by atoms with Crippen molar-refractivity contribution in [2.24, 2.45) is 11.8 Å². The molecule has 0 radical (unpaired) electrons. The first-order valence-electron chi connectivity index (χ1n) is 9.59. The molecular weight excluding hydrogens is 320 g/mol. The second-order valence-corrected chi connectivity index (χ2v) is 7.39. The quantitative estimate of drug-likeness (QED) is 0.389. The van der Waals surface area contributed by atoms with Crippen LogP contribution in [0.4, 0.5) is 0 Å². The molecule has 0 aromatic carbocycles. The van der Waals surface area contributed by atoms with Crippen LogP contribution in [-0.2, 0) is 14.3 Å². The zero-order valence-electron chi connectivity index (χ0n) is 15.7. The Balaban J connectivity index is 2.38. The van der Waals surface area contributed by atoms with E-state index >= 15 is 0 Å². The number of Topliss-reactive ketones (excluding diaryl/α,β-unsaturated/α-hetero) is 1. The molecule has 0 aromatic rings. The average molecular weight is 354 g/mol. The number of rotatable bonds is 13. The Kier molecular flexibility index (Phi) is 9.98. The van der Waals surface area contributed by atoms with Crippen molar-refractivity contribution in [3.63, 3.8) is 0 Å². The zero-order chi connectivity index (χ0) is 18.7. The van der Waals surface area contributed by atoms with Gasteiger partial charge in [0.25, 0.3) is 0 Å². The molecule has 0 saturated heterocycles. The fourth-order valence-electron chi connectivity index (χ4n) is 3.41. The number of ether oxygens (including phenoxy) is 1. The molecule has 2 N–H and O–H groups in total. The molecule has 144 valence electrons. The third-order valence-electron chi connectivity index (χ3n) is 4.92. The van der Waals surface area contributed by atoms with E-state index in [1.165, 1.54) is 0 Å². The maximum atomic E-state index is 12.1. The fourth-order valence-corrected chi connectivity index (χ4v) is 3.41. The minimum atomic E-state index is -0.956. The van der Waals surface area contributed by atoms with Crippen molar-refractivity contribution in [3.8, 4) is 0 Å². The van der Waals surface area contributed by atoms with Crippen LogP contribution in [0.3, 0.4) is 0 Å². The molecule has 0 aliphatic heterocycles. The standard InChI is InChI=1S/C20H34O5/c1-3-4-6-12-20(2,24)13-11-16-9-10-18(21)17(16)8-5-7-14-25-15-19(22)23/h11,13,16-17,24H,3-10,12,14-15H2,1-2H3,(H,22,23)/b13-11+/t16-,17-,20-/m0/s1. The van der Waals surface area contributed by atoms with Gasteiger partial charge in [0.1, 0.15) is 12.4 Å². The number of carboxylic acid groups (broad SMARTS) is 1. The summed E-state index contributed by atoms with van der Waals surface area (Å²) in [5.41, 5.74) is -0.796. The van der Waals surface area contributed by atoms with E-state index in [4.69, 9.17) is 9.84 Å². The lowest BCUT2D eigenvalue weighted by Crippen LogP contribution is -2.21. The monoisotopic (exact) mass is 354 g/mol. The zero-order valence-corrected chi connectivity index (χ0v) is 15.7. The van der Waals surface area contributed by atoms with Gasteiger partial charge in [0.15, 0.2) is 0 Å². The Hall–Kier alpha value is -1.20. The molecule has 3 atom stereocenters. The predicted molar refractivity (Wildman–Crippen MR) is 97.4 cm³/mol.